The summed E-state index contributed by atoms with van der Waals surface area (Å²) < 4.78 is 5.39. The Morgan fingerprint density at radius 3 is 2.52 bits per heavy atom. The first-order valence-electron chi connectivity index (χ1n) is 8.34. The van der Waals surface area contributed by atoms with E-state index in [1.165, 1.54) is 0 Å². The first-order chi connectivity index (χ1) is 12.0. The Balaban J connectivity index is 1.89. The van der Waals surface area contributed by atoms with Gasteiger partial charge < -0.3 is 15.2 Å². The third-order valence-corrected chi connectivity index (χ3v) is 3.92. The van der Waals surface area contributed by atoms with Crippen molar-refractivity contribution in [2.75, 3.05) is 11.9 Å². The number of carboxylic acid groups (broad SMARTS) is 1. The molecule has 0 saturated carbocycles. The van der Waals surface area contributed by atoms with Gasteiger partial charge in [-0.1, -0.05) is 24.3 Å². The van der Waals surface area contributed by atoms with Gasteiger partial charge in [0, 0.05) is 12.1 Å². The highest BCUT2D eigenvalue weighted by atomic mass is 16.5. The number of carboxylic acids is 1. The van der Waals surface area contributed by atoms with Gasteiger partial charge in [-0.25, -0.2) is 0 Å². The van der Waals surface area contributed by atoms with Crippen LogP contribution in [0.15, 0.2) is 48.5 Å². The van der Waals surface area contributed by atoms with Gasteiger partial charge in [0.05, 0.1) is 12.5 Å². The molecule has 0 radical (unpaired) electrons. The molecule has 0 aliphatic rings. The van der Waals surface area contributed by atoms with Gasteiger partial charge in [0.2, 0.25) is 5.91 Å². The summed E-state index contributed by atoms with van der Waals surface area (Å²) >= 11 is 0. The molecule has 1 amide bonds. The van der Waals surface area contributed by atoms with Gasteiger partial charge in [-0.05, 0) is 55.7 Å². The minimum atomic E-state index is -0.890. The second-order valence-corrected chi connectivity index (χ2v) is 5.81. The lowest BCUT2D eigenvalue weighted by Gasteiger charge is -2.10. The number of amides is 1. The number of carbonyl (C=O) groups is 2. The number of aliphatic carboxylic acids is 1. The number of rotatable bonds is 8. The molecular weight excluding hydrogens is 318 g/mol. The molecule has 132 valence electrons. The molecule has 25 heavy (non-hydrogen) atoms. The number of hydrogen-bond acceptors (Lipinski definition) is 3. The van der Waals surface area contributed by atoms with Gasteiger partial charge in [0.15, 0.2) is 0 Å². The van der Waals surface area contributed by atoms with Gasteiger partial charge in [-0.2, -0.15) is 0 Å². The van der Waals surface area contributed by atoms with E-state index in [0.717, 1.165) is 11.3 Å². The highest BCUT2D eigenvalue weighted by Gasteiger charge is 2.14. The maximum atomic E-state index is 12.1. The van der Waals surface area contributed by atoms with Crippen LogP contribution in [0.3, 0.4) is 0 Å². The lowest BCUT2D eigenvalue weighted by Crippen LogP contribution is -2.13. The molecule has 2 aromatic rings. The van der Waals surface area contributed by atoms with E-state index in [-0.39, 0.29) is 5.91 Å². The van der Waals surface area contributed by atoms with Crippen molar-refractivity contribution in [2.24, 2.45) is 0 Å². The van der Waals surface area contributed by atoms with Crippen LogP contribution in [-0.4, -0.2) is 23.6 Å². The molecule has 0 spiro atoms. The quantitative estimate of drug-likeness (QED) is 0.765. The van der Waals surface area contributed by atoms with Crippen LogP contribution in [0, 0.1) is 0 Å². The van der Waals surface area contributed by atoms with E-state index in [0.29, 0.717) is 30.7 Å². The average Bonchev–Trinajstić information content (AvgIpc) is 2.61. The molecule has 5 heteroatoms. The van der Waals surface area contributed by atoms with Crippen LogP contribution in [0.2, 0.25) is 0 Å². The fourth-order valence-electron chi connectivity index (χ4n) is 2.43. The molecule has 0 aliphatic heterocycles. The van der Waals surface area contributed by atoms with E-state index in [4.69, 9.17) is 9.84 Å². The first kappa shape index (κ1) is 18.5. The fourth-order valence-corrected chi connectivity index (χ4v) is 2.43. The molecule has 2 N–H and O–H groups in total. The maximum absolute atomic E-state index is 12.1. The lowest BCUT2D eigenvalue weighted by atomic mass is 10.0. The van der Waals surface area contributed by atoms with Gasteiger partial charge in [-0.15, -0.1) is 0 Å². The summed E-state index contributed by atoms with van der Waals surface area (Å²) in [6.07, 6.45) is 0.982. The van der Waals surface area contributed by atoms with Crippen LogP contribution in [0.5, 0.6) is 5.75 Å². The number of benzene rings is 2. The van der Waals surface area contributed by atoms with Crippen molar-refractivity contribution in [1.29, 1.82) is 0 Å². The minimum Gasteiger partial charge on any atom is -0.494 e. The topological polar surface area (TPSA) is 75.6 Å². The largest absolute Gasteiger partial charge is 0.494 e. The van der Waals surface area contributed by atoms with Gasteiger partial charge in [-0.3, -0.25) is 9.59 Å². The van der Waals surface area contributed by atoms with E-state index in [1.54, 1.807) is 31.2 Å². The number of aryl methyl sites for hydroxylation is 1. The molecule has 1 atom stereocenters. The Morgan fingerprint density at radius 1 is 1.16 bits per heavy atom. The maximum Gasteiger partial charge on any atom is 0.310 e. The summed E-state index contributed by atoms with van der Waals surface area (Å²) in [7, 11) is 0. The summed E-state index contributed by atoms with van der Waals surface area (Å²) in [5.41, 5.74) is 2.34. The van der Waals surface area contributed by atoms with E-state index >= 15 is 0 Å². The number of ether oxygens (including phenoxy) is 1. The number of carbonyl (C=O) groups excluding carboxylic acids is 1. The van der Waals surface area contributed by atoms with Gasteiger partial charge >= 0.3 is 5.97 Å². The van der Waals surface area contributed by atoms with Crippen LogP contribution in [-0.2, 0) is 16.0 Å². The molecule has 1 unspecified atom stereocenters. The molecular formula is C20H23NO4. The summed E-state index contributed by atoms with van der Waals surface area (Å²) in [5, 5.41) is 11.9. The third kappa shape index (κ3) is 5.64. The fraction of sp³-hybridized carbons (Fsp3) is 0.300. The van der Waals surface area contributed by atoms with Gasteiger partial charge in [0.1, 0.15) is 5.75 Å². The Bertz CT molecular complexity index is 725. The molecule has 0 bridgehead atoms. The molecule has 5 nitrogen and oxygen atoms in total. The van der Waals surface area contributed by atoms with E-state index < -0.39 is 11.9 Å². The Kier molecular flexibility index (Phi) is 6.57. The van der Waals surface area contributed by atoms with Crippen molar-refractivity contribution in [3.8, 4) is 5.75 Å². The van der Waals surface area contributed by atoms with Crippen LogP contribution in [0.4, 0.5) is 5.69 Å². The van der Waals surface area contributed by atoms with Crippen molar-refractivity contribution >= 4 is 17.6 Å². The zero-order chi connectivity index (χ0) is 18.2. The predicted octanol–water partition coefficient (Wildman–Crippen LogP) is 3.84. The highest BCUT2D eigenvalue weighted by Crippen LogP contribution is 2.20. The second-order valence-electron chi connectivity index (χ2n) is 5.81. The van der Waals surface area contributed by atoms with Gasteiger partial charge in [0.25, 0.3) is 0 Å². The number of hydrogen-bond donors (Lipinski definition) is 2. The summed E-state index contributed by atoms with van der Waals surface area (Å²) in [5.74, 6) is -0.784. The van der Waals surface area contributed by atoms with Crippen LogP contribution < -0.4 is 10.1 Å². The SMILES string of the molecule is CCOc1ccc(CCC(=O)Nc2cccc(C(C)C(=O)O)c2)cc1. The standard InChI is InChI=1S/C20H23NO4/c1-3-25-18-10-7-15(8-11-18)9-12-19(22)21-17-6-4-5-16(13-17)14(2)20(23)24/h4-8,10-11,13-14H,3,9,12H2,1-2H3,(H,21,22)(H,23,24). The van der Waals surface area contributed by atoms with Crippen molar-refractivity contribution in [2.45, 2.75) is 32.6 Å². The van der Waals surface area contributed by atoms with Crippen LogP contribution >= 0.6 is 0 Å². The average molecular weight is 341 g/mol. The van der Waals surface area contributed by atoms with Crippen molar-refractivity contribution in [3.05, 3.63) is 59.7 Å². The van der Waals surface area contributed by atoms with E-state index in [1.807, 2.05) is 31.2 Å². The first-order valence-corrected chi connectivity index (χ1v) is 8.34. The Hall–Kier alpha value is -2.82. The molecule has 0 fully saturated rings. The van der Waals surface area contributed by atoms with E-state index in [2.05, 4.69) is 5.32 Å². The third-order valence-electron chi connectivity index (χ3n) is 3.92. The summed E-state index contributed by atoms with van der Waals surface area (Å²) in [6, 6.07) is 14.6. The summed E-state index contributed by atoms with van der Waals surface area (Å²) in [4.78, 5) is 23.2. The predicted molar refractivity (Wildman–Crippen MR) is 97.1 cm³/mol. The van der Waals surface area contributed by atoms with Crippen LogP contribution in [0.25, 0.3) is 0 Å². The molecule has 0 aliphatic carbocycles. The van der Waals surface area contributed by atoms with Crippen molar-refractivity contribution < 1.29 is 19.4 Å². The molecule has 2 aromatic carbocycles. The Labute approximate surface area is 147 Å². The Morgan fingerprint density at radius 2 is 1.88 bits per heavy atom. The van der Waals surface area contributed by atoms with Crippen molar-refractivity contribution in [3.63, 3.8) is 0 Å². The lowest BCUT2D eigenvalue weighted by molar-refractivity contribution is -0.138. The zero-order valence-electron chi connectivity index (χ0n) is 14.5. The smallest absolute Gasteiger partial charge is 0.310 e. The number of anilines is 1. The monoisotopic (exact) mass is 341 g/mol. The van der Waals surface area contributed by atoms with Crippen LogP contribution in [0.1, 0.15) is 37.3 Å². The molecule has 0 saturated heterocycles. The highest BCUT2D eigenvalue weighted by molar-refractivity contribution is 5.91. The van der Waals surface area contributed by atoms with E-state index in [9.17, 15) is 9.59 Å². The second kappa shape index (κ2) is 8.87. The summed E-state index contributed by atoms with van der Waals surface area (Å²) in [6.45, 7) is 4.18. The molecule has 0 heterocycles. The normalized spacial score (nSPS) is 11.6. The number of nitrogens with one attached hydrogen (secondary N) is 1. The molecule has 2 rings (SSSR count). The minimum absolute atomic E-state index is 0.103. The molecule has 0 aromatic heterocycles. The zero-order valence-corrected chi connectivity index (χ0v) is 14.5. The van der Waals surface area contributed by atoms with Crippen molar-refractivity contribution in [1.82, 2.24) is 0 Å².